The summed E-state index contributed by atoms with van der Waals surface area (Å²) >= 11 is 0. The van der Waals surface area contributed by atoms with Gasteiger partial charge in [0.25, 0.3) is 0 Å². The molecule has 0 fully saturated rings. The van der Waals surface area contributed by atoms with Crippen LogP contribution in [0, 0.1) is 0 Å². The third-order valence-electron chi connectivity index (χ3n) is 1.62. The number of hydrogen-bond acceptors (Lipinski definition) is 3. The Bertz CT molecular complexity index is 342. The normalized spacial score (nSPS) is 9.85. The van der Waals surface area contributed by atoms with Gasteiger partial charge < -0.3 is 9.26 Å². The molecular formula is C10H9NO2. The number of rotatable bonds is 3. The summed E-state index contributed by atoms with van der Waals surface area (Å²) in [6, 6.07) is 11.4. The van der Waals surface area contributed by atoms with Gasteiger partial charge in [-0.15, -0.1) is 0 Å². The first kappa shape index (κ1) is 7.86. The summed E-state index contributed by atoms with van der Waals surface area (Å²) < 4.78 is 10.1. The van der Waals surface area contributed by atoms with E-state index in [1.54, 1.807) is 6.07 Å². The zero-order valence-electron chi connectivity index (χ0n) is 7.01. The number of ether oxygens (including phenoxy) is 1. The van der Waals surface area contributed by atoms with Gasteiger partial charge in [0.15, 0.2) is 0 Å². The van der Waals surface area contributed by atoms with Crippen molar-refractivity contribution in [2.75, 3.05) is 0 Å². The molecule has 13 heavy (non-hydrogen) atoms. The lowest BCUT2D eigenvalue weighted by molar-refractivity contribution is 0.289. The van der Waals surface area contributed by atoms with Crippen LogP contribution in [0.5, 0.6) is 5.75 Å². The second-order valence-corrected chi connectivity index (χ2v) is 2.59. The largest absolute Gasteiger partial charge is 0.487 e. The molecular weight excluding hydrogens is 166 g/mol. The van der Waals surface area contributed by atoms with Crippen molar-refractivity contribution < 1.29 is 9.26 Å². The molecule has 1 aromatic heterocycles. The van der Waals surface area contributed by atoms with Crippen LogP contribution in [-0.4, -0.2) is 5.16 Å². The predicted octanol–water partition coefficient (Wildman–Crippen LogP) is 2.25. The Morgan fingerprint density at radius 2 is 2.00 bits per heavy atom. The highest BCUT2D eigenvalue weighted by atomic mass is 16.5. The van der Waals surface area contributed by atoms with E-state index < -0.39 is 0 Å². The predicted molar refractivity (Wildman–Crippen MR) is 47.3 cm³/mol. The van der Waals surface area contributed by atoms with Gasteiger partial charge >= 0.3 is 0 Å². The van der Waals surface area contributed by atoms with Gasteiger partial charge in [-0.3, -0.25) is 0 Å². The number of aromatic nitrogens is 1. The van der Waals surface area contributed by atoms with Crippen LogP contribution < -0.4 is 4.74 Å². The Hall–Kier alpha value is -1.77. The molecule has 0 aliphatic heterocycles. The summed E-state index contributed by atoms with van der Waals surface area (Å²) in [5, 5.41) is 3.73. The average Bonchev–Trinajstić information content (AvgIpc) is 2.69. The van der Waals surface area contributed by atoms with Crippen molar-refractivity contribution in [3.05, 3.63) is 48.4 Å². The lowest BCUT2D eigenvalue weighted by Crippen LogP contribution is -1.94. The summed E-state index contributed by atoms with van der Waals surface area (Å²) in [7, 11) is 0. The van der Waals surface area contributed by atoms with Crippen LogP contribution >= 0.6 is 0 Å². The molecule has 0 atom stereocenters. The van der Waals surface area contributed by atoms with E-state index in [4.69, 9.17) is 4.74 Å². The fraction of sp³-hybridized carbons (Fsp3) is 0.100. The van der Waals surface area contributed by atoms with Crippen molar-refractivity contribution in [2.45, 2.75) is 6.61 Å². The molecule has 0 saturated heterocycles. The molecule has 0 saturated carbocycles. The summed E-state index contributed by atoms with van der Waals surface area (Å²) in [6.07, 6.45) is 1.53. The van der Waals surface area contributed by atoms with Crippen molar-refractivity contribution in [3.8, 4) is 5.75 Å². The van der Waals surface area contributed by atoms with E-state index in [0.29, 0.717) is 6.61 Å². The molecule has 2 rings (SSSR count). The molecule has 0 unspecified atom stereocenters. The van der Waals surface area contributed by atoms with Crippen molar-refractivity contribution in [1.82, 2.24) is 5.16 Å². The summed E-state index contributed by atoms with van der Waals surface area (Å²) in [5.41, 5.74) is 0.795. The van der Waals surface area contributed by atoms with Crippen LogP contribution in [0.1, 0.15) is 5.69 Å². The molecule has 0 N–H and O–H groups in total. The van der Waals surface area contributed by atoms with Crippen molar-refractivity contribution in [3.63, 3.8) is 0 Å². The Morgan fingerprint density at radius 3 is 2.69 bits per heavy atom. The molecule has 0 spiro atoms. The molecule has 0 radical (unpaired) electrons. The maximum Gasteiger partial charge on any atom is 0.134 e. The van der Waals surface area contributed by atoms with E-state index in [9.17, 15) is 0 Å². The third-order valence-corrected chi connectivity index (χ3v) is 1.62. The van der Waals surface area contributed by atoms with E-state index >= 15 is 0 Å². The van der Waals surface area contributed by atoms with Crippen LogP contribution in [-0.2, 0) is 6.61 Å². The first-order valence-corrected chi connectivity index (χ1v) is 4.02. The van der Waals surface area contributed by atoms with Gasteiger partial charge in [-0.1, -0.05) is 23.4 Å². The van der Waals surface area contributed by atoms with Crippen LogP contribution in [0.25, 0.3) is 0 Å². The second kappa shape index (κ2) is 3.76. The summed E-state index contributed by atoms with van der Waals surface area (Å²) in [6.45, 7) is 0.445. The van der Waals surface area contributed by atoms with Gasteiger partial charge in [0.2, 0.25) is 0 Å². The smallest absolute Gasteiger partial charge is 0.134 e. The Morgan fingerprint density at radius 1 is 1.15 bits per heavy atom. The molecule has 0 amide bonds. The highest BCUT2D eigenvalue weighted by Gasteiger charge is 1.96. The van der Waals surface area contributed by atoms with E-state index in [-0.39, 0.29) is 0 Å². The van der Waals surface area contributed by atoms with Crippen molar-refractivity contribution in [2.24, 2.45) is 0 Å². The highest BCUT2D eigenvalue weighted by Crippen LogP contribution is 2.10. The Labute approximate surface area is 75.9 Å². The van der Waals surface area contributed by atoms with Crippen LogP contribution in [0.3, 0.4) is 0 Å². The quantitative estimate of drug-likeness (QED) is 0.717. The monoisotopic (exact) mass is 175 g/mol. The van der Waals surface area contributed by atoms with Gasteiger partial charge in [0, 0.05) is 6.07 Å². The molecule has 0 aliphatic rings. The number of benzene rings is 1. The fourth-order valence-electron chi connectivity index (χ4n) is 0.986. The van der Waals surface area contributed by atoms with E-state index in [1.165, 1.54) is 6.26 Å². The minimum Gasteiger partial charge on any atom is -0.487 e. The zero-order chi connectivity index (χ0) is 8.93. The van der Waals surface area contributed by atoms with E-state index in [0.717, 1.165) is 11.4 Å². The maximum absolute atomic E-state index is 5.43. The molecule has 66 valence electrons. The number of para-hydroxylation sites is 1. The number of nitrogens with zero attached hydrogens (tertiary/aromatic N) is 1. The minimum atomic E-state index is 0.445. The van der Waals surface area contributed by atoms with E-state index in [1.807, 2.05) is 30.3 Å². The third kappa shape index (κ3) is 2.08. The Kier molecular flexibility index (Phi) is 2.27. The van der Waals surface area contributed by atoms with Crippen LogP contribution in [0.15, 0.2) is 47.2 Å². The SMILES string of the molecule is c1ccc(OCc2ccon2)cc1. The first-order chi connectivity index (χ1) is 6.45. The van der Waals surface area contributed by atoms with Gasteiger partial charge in [0.1, 0.15) is 24.3 Å². The van der Waals surface area contributed by atoms with Gasteiger partial charge in [0.05, 0.1) is 0 Å². The first-order valence-electron chi connectivity index (χ1n) is 4.02. The van der Waals surface area contributed by atoms with Gasteiger partial charge in [-0.25, -0.2) is 0 Å². The molecule has 0 aliphatic carbocycles. The zero-order valence-corrected chi connectivity index (χ0v) is 7.01. The fourth-order valence-corrected chi connectivity index (χ4v) is 0.986. The minimum absolute atomic E-state index is 0.445. The standard InChI is InChI=1S/C10H9NO2/c1-2-4-10(5-3-1)12-8-9-6-7-13-11-9/h1-7H,8H2. The van der Waals surface area contributed by atoms with Crippen LogP contribution in [0.2, 0.25) is 0 Å². The van der Waals surface area contributed by atoms with Crippen LogP contribution in [0.4, 0.5) is 0 Å². The molecule has 1 heterocycles. The Balaban J connectivity index is 1.94. The molecule has 3 heteroatoms. The molecule has 0 bridgehead atoms. The number of hydrogen-bond donors (Lipinski definition) is 0. The maximum atomic E-state index is 5.43. The van der Waals surface area contributed by atoms with Gasteiger partial charge in [-0.2, -0.15) is 0 Å². The lowest BCUT2D eigenvalue weighted by Gasteiger charge is -2.01. The van der Waals surface area contributed by atoms with E-state index in [2.05, 4.69) is 9.68 Å². The van der Waals surface area contributed by atoms with Crippen molar-refractivity contribution >= 4 is 0 Å². The second-order valence-electron chi connectivity index (χ2n) is 2.59. The topological polar surface area (TPSA) is 35.3 Å². The highest BCUT2D eigenvalue weighted by molar-refractivity contribution is 5.21. The lowest BCUT2D eigenvalue weighted by atomic mass is 10.3. The molecule has 3 nitrogen and oxygen atoms in total. The molecule has 1 aromatic carbocycles. The average molecular weight is 175 g/mol. The van der Waals surface area contributed by atoms with Gasteiger partial charge in [-0.05, 0) is 12.1 Å². The molecule has 2 aromatic rings. The summed E-state index contributed by atoms with van der Waals surface area (Å²) in [4.78, 5) is 0. The summed E-state index contributed by atoms with van der Waals surface area (Å²) in [5.74, 6) is 0.838. The van der Waals surface area contributed by atoms with Crippen molar-refractivity contribution in [1.29, 1.82) is 0 Å².